The van der Waals surface area contributed by atoms with Gasteiger partial charge in [0.2, 0.25) is 12.5 Å². The number of ether oxygens (including phenoxy) is 2. The first-order valence-electron chi connectivity index (χ1n) is 6.84. The average Bonchev–Trinajstić information content (AvgIpc) is 2.98. The highest BCUT2D eigenvalue weighted by atomic mass is 16.7. The predicted octanol–water partition coefficient (Wildman–Crippen LogP) is 2.55. The number of pyridine rings is 1. The van der Waals surface area contributed by atoms with Crippen molar-refractivity contribution < 1.29 is 14.1 Å². The molecule has 2 heterocycles. The van der Waals surface area contributed by atoms with E-state index in [2.05, 4.69) is 6.07 Å². The van der Waals surface area contributed by atoms with Crippen LogP contribution in [0.5, 0.6) is 11.5 Å². The Balaban J connectivity index is 2.17. The van der Waals surface area contributed by atoms with Crippen LogP contribution in [-0.4, -0.2) is 6.79 Å². The quantitative estimate of drug-likeness (QED) is 0.550. The lowest BCUT2D eigenvalue weighted by atomic mass is 10.0. The fourth-order valence-electron chi connectivity index (χ4n) is 2.82. The lowest BCUT2D eigenvalue weighted by Gasteiger charge is -2.08. The number of nitrogen functional groups attached to an aromatic ring is 1. The van der Waals surface area contributed by atoms with Crippen LogP contribution in [0, 0.1) is 6.92 Å². The Hall–Kier alpha value is -2.75. The van der Waals surface area contributed by atoms with Crippen LogP contribution in [0.1, 0.15) is 5.69 Å². The zero-order chi connectivity index (χ0) is 14.4. The van der Waals surface area contributed by atoms with Crippen LogP contribution >= 0.6 is 0 Å². The van der Waals surface area contributed by atoms with Gasteiger partial charge < -0.3 is 9.47 Å². The number of hydrogen-bond donors (Lipinski definition) is 1. The normalized spacial score (nSPS) is 12.8. The number of aromatic nitrogens is 1. The number of fused-ring (bicyclic) bond motifs is 3. The van der Waals surface area contributed by atoms with E-state index in [9.17, 15) is 0 Å². The summed E-state index contributed by atoms with van der Waals surface area (Å²) in [4.78, 5) is 0. The Bertz CT molecular complexity index is 845. The molecule has 0 spiro atoms. The number of hydrogen-bond acceptors (Lipinski definition) is 3. The molecule has 0 atom stereocenters. The molecule has 4 rings (SSSR count). The zero-order valence-corrected chi connectivity index (χ0v) is 11.7. The van der Waals surface area contributed by atoms with Crippen molar-refractivity contribution in [2.24, 2.45) is 0 Å². The lowest BCUT2D eigenvalue weighted by molar-refractivity contribution is -0.632. The summed E-state index contributed by atoms with van der Waals surface area (Å²) in [6.07, 6.45) is 0. The third kappa shape index (κ3) is 1.72. The van der Waals surface area contributed by atoms with Crippen LogP contribution in [-0.2, 0) is 0 Å². The standard InChI is InChI=1S/C17H15N2O2/c1-11-9-13-7-8-14-17(21-10-20-14)15(13)16(19(11)18)12-5-3-2-4-6-12/h2-9H,10,18H2,1H3/q+1. The first-order chi connectivity index (χ1) is 10.3. The average molecular weight is 279 g/mol. The van der Waals surface area contributed by atoms with Crippen molar-refractivity contribution in [1.29, 1.82) is 0 Å². The number of rotatable bonds is 1. The lowest BCUT2D eigenvalue weighted by Crippen LogP contribution is -2.49. The first kappa shape index (κ1) is 12.0. The maximum absolute atomic E-state index is 6.30. The van der Waals surface area contributed by atoms with Crippen molar-refractivity contribution in [2.45, 2.75) is 6.92 Å². The number of nitrogens with two attached hydrogens (primary N) is 1. The van der Waals surface area contributed by atoms with Gasteiger partial charge in [-0.25, -0.2) is 5.84 Å². The molecule has 1 aliphatic rings. The maximum atomic E-state index is 6.30. The monoisotopic (exact) mass is 279 g/mol. The Morgan fingerprint density at radius 2 is 1.86 bits per heavy atom. The van der Waals surface area contributed by atoms with Crippen molar-refractivity contribution in [3.63, 3.8) is 0 Å². The van der Waals surface area contributed by atoms with E-state index in [1.54, 1.807) is 4.68 Å². The largest absolute Gasteiger partial charge is 0.454 e. The minimum atomic E-state index is 0.251. The molecule has 0 fully saturated rings. The van der Waals surface area contributed by atoms with Crippen LogP contribution in [0.15, 0.2) is 48.5 Å². The second-order valence-electron chi connectivity index (χ2n) is 5.13. The summed E-state index contributed by atoms with van der Waals surface area (Å²) >= 11 is 0. The fraction of sp³-hybridized carbons (Fsp3) is 0.118. The molecule has 4 nitrogen and oxygen atoms in total. The summed E-state index contributed by atoms with van der Waals surface area (Å²) in [5.41, 5.74) is 2.98. The van der Waals surface area contributed by atoms with Gasteiger partial charge in [-0.2, -0.15) is 0 Å². The van der Waals surface area contributed by atoms with Crippen LogP contribution in [0.3, 0.4) is 0 Å². The van der Waals surface area contributed by atoms with Crippen molar-refractivity contribution in [3.05, 3.63) is 54.2 Å². The highest BCUT2D eigenvalue weighted by Crippen LogP contribution is 2.42. The second kappa shape index (κ2) is 4.38. The van der Waals surface area contributed by atoms with Gasteiger partial charge in [0.05, 0.1) is 0 Å². The molecule has 0 saturated heterocycles. The molecule has 2 aromatic carbocycles. The first-order valence-corrected chi connectivity index (χ1v) is 6.84. The molecule has 1 aliphatic heterocycles. The van der Waals surface area contributed by atoms with Gasteiger partial charge in [-0.05, 0) is 29.7 Å². The SMILES string of the molecule is Cc1cc2ccc3c(c2c(-c2ccccc2)[n+]1N)OCO3. The molecular formula is C17H15N2O2+. The van der Waals surface area contributed by atoms with E-state index < -0.39 is 0 Å². The van der Waals surface area contributed by atoms with Crippen LogP contribution in [0.25, 0.3) is 22.0 Å². The van der Waals surface area contributed by atoms with Gasteiger partial charge in [0.15, 0.2) is 11.5 Å². The Morgan fingerprint density at radius 1 is 1.05 bits per heavy atom. The predicted molar refractivity (Wildman–Crippen MR) is 80.6 cm³/mol. The third-order valence-electron chi connectivity index (χ3n) is 3.84. The molecule has 21 heavy (non-hydrogen) atoms. The van der Waals surface area contributed by atoms with E-state index in [1.807, 2.05) is 49.4 Å². The summed E-state index contributed by atoms with van der Waals surface area (Å²) < 4.78 is 12.9. The second-order valence-corrected chi connectivity index (χ2v) is 5.13. The molecular weight excluding hydrogens is 264 g/mol. The van der Waals surface area contributed by atoms with Crippen molar-refractivity contribution in [2.75, 3.05) is 12.6 Å². The Morgan fingerprint density at radius 3 is 2.67 bits per heavy atom. The molecule has 0 radical (unpaired) electrons. The van der Waals surface area contributed by atoms with Crippen LogP contribution in [0.2, 0.25) is 0 Å². The van der Waals surface area contributed by atoms with Crippen molar-refractivity contribution >= 4 is 10.8 Å². The minimum Gasteiger partial charge on any atom is -0.454 e. The Kier molecular flexibility index (Phi) is 2.51. The molecule has 1 aromatic heterocycles. The topological polar surface area (TPSA) is 48.4 Å². The maximum Gasteiger partial charge on any atom is 0.254 e. The van der Waals surface area contributed by atoms with E-state index in [4.69, 9.17) is 15.3 Å². The molecule has 0 bridgehead atoms. The van der Waals surface area contributed by atoms with Gasteiger partial charge in [0.25, 0.3) is 5.69 Å². The highest BCUT2D eigenvalue weighted by Gasteiger charge is 2.27. The van der Waals surface area contributed by atoms with Crippen LogP contribution < -0.4 is 20.0 Å². The van der Waals surface area contributed by atoms with Gasteiger partial charge in [-0.3, -0.25) is 0 Å². The smallest absolute Gasteiger partial charge is 0.254 e. The van der Waals surface area contributed by atoms with Gasteiger partial charge in [0.1, 0.15) is 5.39 Å². The summed E-state index contributed by atoms with van der Waals surface area (Å²) in [6.45, 7) is 2.25. The molecule has 0 amide bonds. The van der Waals surface area contributed by atoms with E-state index >= 15 is 0 Å². The van der Waals surface area contributed by atoms with E-state index in [0.717, 1.165) is 39.2 Å². The number of aryl methyl sites for hydroxylation is 1. The molecule has 4 heteroatoms. The fourth-order valence-corrected chi connectivity index (χ4v) is 2.82. The van der Waals surface area contributed by atoms with Crippen LogP contribution in [0.4, 0.5) is 0 Å². The van der Waals surface area contributed by atoms with E-state index in [1.165, 1.54) is 0 Å². The molecule has 2 N–H and O–H groups in total. The number of benzene rings is 2. The van der Waals surface area contributed by atoms with Gasteiger partial charge in [-0.1, -0.05) is 22.9 Å². The molecule has 3 aromatic rings. The van der Waals surface area contributed by atoms with E-state index in [-0.39, 0.29) is 6.79 Å². The van der Waals surface area contributed by atoms with Gasteiger partial charge in [0, 0.05) is 18.6 Å². The summed E-state index contributed by atoms with van der Waals surface area (Å²) in [5.74, 6) is 7.83. The third-order valence-corrected chi connectivity index (χ3v) is 3.84. The minimum absolute atomic E-state index is 0.251. The highest BCUT2D eigenvalue weighted by molar-refractivity contribution is 5.99. The molecule has 0 saturated carbocycles. The number of nitrogens with zero attached hydrogens (tertiary/aromatic N) is 1. The van der Waals surface area contributed by atoms with Gasteiger partial charge in [-0.15, -0.1) is 0 Å². The summed E-state index contributed by atoms with van der Waals surface area (Å²) in [5, 5.41) is 2.08. The Labute approximate surface area is 122 Å². The molecule has 0 unspecified atom stereocenters. The van der Waals surface area contributed by atoms with Crippen molar-refractivity contribution in [3.8, 4) is 22.8 Å². The van der Waals surface area contributed by atoms with Crippen molar-refractivity contribution in [1.82, 2.24) is 0 Å². The summed E-state index contributed by atoms with van der Waals surface area (Å²) in [7, 11) is 0. The summed E-state index contributed by atoms with van der Waals surface area (Å²) in [6, 6.07) is 16.1. The molecule has 0 aliphatic carbocycles. The van der Waals surface area contributed by atoms with Gasteiger partial charge >= 0.3 is 0 Å². The van der Waals surface area contributed by atoms with E-state index in [0.29, 0.717) is 0 Å². The molecule has 104 valence electrons. The zero-order valence-electron chi connectivity index (χ0n) is 11.7.